The molecule has 1 saturated carbocycles. The van der Waals surface area contributed by atoms with Crippen LogP contribution in [0, 0.1) is 18.3 Å². The number of phenols is 1. The minimum atomic E-state index is -1.15. The van der Waals surface area contributed by atoms with Crippen LogP contribution in [0.25, 0.3) is 5.69 Å². The van der Waals surface area contributed by atoms with Crippen LogP contribution in [0.15, 0.2) is 100 Å². The third-order valence-corrected chi connectivity index (χ3v) is 9.12. The number of aryl methyl sites for hydroxylation is 1. The lowest BCUT2D eigenvalue weighted by Gasteiger charge is -2.47. The quantitative estimate of drug-likeness (QED) is 0.311. The van der Waals surface area contributed by atoms with Crippen molar-refractivity contribution in [2.75, 3.05) is 4.90 Å². The van der Waals surface area contributed by atoms with Gasteiger partial charge in [-0.2, -0.15) is 0 Å². The molecule has 2 fully saturated rings. The molecule has 4 aromatic rings. The first-order chi connectivity index (χ1) is 19.7. The summed E-state index contributed by atoms with van der Waals surface area (Å²) >= 11 is 0. The number of allylic oxidation sites excluding steroid dienone is 2. The van der Waals surface area contributed by atoms with Crippen LogP contribution in [0.2, 0.25) is 0 Å². The lowest BCUT2D eigenvalue weighted by atomic mass is 9.56. The van der Waals surface area contributed by atoms with Crippen LogP contribution < -0.4 is 16.3 Å². The summed E-state index contributed by atoms with van der Waals surface area (Å²) in [5, 5.41) is 10.3. The van der Waals surface area contributed by atoms with E-state index in [9.17, 15) is 24.3 Å². The lowest BCUT2D eigenvalue weighted by Crippen LogP contribution is -2.49. The van der Waals surface area contributed by atoms with Gasteiger partial charge in [-0.1, -0.05) is 54.6 Å². The van der Waals surface area contributed by atoms with Gasteiger partial charge in [-0.05, 0) is 67.3 Å². The van der Waals surface area contributed by atoms with Crippen LogP contribution in [-0.4, -0.2) is 30.9 Å². The van der Waals surface area contributed by atoms with Gasteiger partial charge < -0.3 is 5.11 Å². The largest absolute Gasteiger partial charge is 0.508 e. The Morgan fingerprint density at radius 2 is 1.51 bits per heavy atom. The molecule has 41 heavy (non-hydrogen) atoms. The number of carbonyl (C=O) groups is 2. The molecule has 0 radical (unpaired) electrons. The van der Waals surface area contributed by atoms with E-state index in [2.05, 4.69) is 0 Å². The smallest absolute Gasteiger partial charge is 0.352 e. The first kappa shape index (κ1) is 25.1. The van der Waals surface area contributed by atoms with Crippen molar-refractivity contribution in [3.63, 3.8) is 0 Å². The standard InChI is InChI=1S/C32H28N4O5/c1-19-17-20(13-14-26(19)37)27-23-15-16-33-30(40)35(22-11-7-4-8-12-22)31(41)36(33)25(23)18-24-28(38)34(29(39)32(24,27)2)21-9-5-3-6-10-21/h3-15,17,24-25,27,37H,16,18H2,1-2H3. The number of hydrogen-bond acceptors (Lipinski definition) is 5. The number of rotatable bonds is 3. The van der Waals surface area contributed by atoms with Crippen LogP contribution in [0.5, 0.6) is 5.75 Å². The fraction of sp³-hybridized carbons (Fsp3) is 0.250. The van der Waals surface area contributed by atoms with E-state index >= 15 is 0 Å². The van der Waals surface area contributed by atoms with Crippen molar-refractivity contribution in [3.05, 3.63) is 123 Å². The predicted molar refractivity (Wildman–Crippen MR) is 152 cm³/mol. The van der Waals surface area contributed by atoms with Gasteiger partial charge in [0, 0.05) is 5.92 Å². The van der Waals surface area contributed by atoms with Crippen molar-refractivity contribution < 1.29 is 14.7 Å². The van der Waals surface area contributed by atoms with Gasteiger partial charge in [0.15, 0.2) is 0 Å². The van der Waals surface area contributed by atoms with Crippen molar-refractivity contribution in [1.82, 2.24) is 13.9 Å². The highest BCUT2D eigenvalue weighted by Crippen LogP contribution is 2.61. The zero-order chi connectivity index (χ0) is 28.6. The number of fused-ring (bicyclic) bond motifs is 4. The summed E-state index contributed by atoms with van der Waals surface area (Å²) in [6.45, 7) is 3.77. The molecule has 4 unspecified atom stereocenters. The van der Waals surface area contributed by atoms with E-state index < -0.39 is 34.7 Å². The number of phenolic OH excluding ortho intramolecular Hbond substituents is 1. The molecule has 1 aromatic heterocycles. The van der Waals surface area contributed by atoms with E-state index in [1.165, 1.54) is 14.3 Å². The molecule has 0 bridgehead atoms. The summed E-state index contributed by atoms with van der Waals surface area (Å²) < 4.78 is 4.04. The maximum atomic E-state index is 14.3. The highest BCUT2D eigenvalue weighted by molar-refractivity contribution is 6.24. The number of para-hydroxylation sites is 2. The van der Waals surface area contributed by atoms with Crippen LogP contribution in [0.1, 0.15) is 36.4 Å². The summed E-state index contributed by atoms with van der Waals surface area (Å²) in [5.41, 5.74) is 1.10. The van der Waals surface area contributed by atoms with Crippen molar-refractivity contribution in [3.8, 4) is 11.4 Å². The number of aromatic hydroxyl groups is 1. The molecule has 1 aliphatic carbocycles. The second-order valence-electron chi connectivity index (χ2n) is 11.2. The number of aromatic nitrogens is 3. The molecule has 3 aromatic carbocycles. The number of benzene rings is 3. The molecule has 7 rings (SSSR count). The maximum Gasteiger partial charge on any atom is 0.352 e. The Hall–Kier alpha value is -4.92. The Labute approximate surface area is 235 Å². The fourth-order valence-electron chi connectivity index (χ4n) is 7.14. The summed E-state index contributed by atoms with van der Waals surface area (Å²) in [4.78, 5) is 57.1. The molecule has 4 atom stereocenters. The van der Waals surface area contributed by atoms with Crippen molar-refractivity contribution in [2.45, 2.75) is 38.8 Å². The molecule has 3 aliphatic rings. The van der Waals surface area contributed by atoms with Crippen LogP contribution >= 0.6 is 0 Å². The third kappa shape index (κ3) is 3.35. The average molecular weight is 549 g/mol. The topological polar surface area (TPSA) is 107 Å². The molecule has 3 heterocycles. The Kier molecular flexibility index (Phi) is 5.38. The normalized spacial score (nSPS) is 25.0. The van der Waals surface area contributed by atoms with Gasteiger partial charge in [0.2, 0.25) is 11.8 Å². The zero-order valence-corrected chi connectivity index (χ0v) is 22.6. The van der Waals surface area contributed by atoms with Gasteiger partial charge in [-0.25, -0.2) is 28.4 Å². The third-order valence-electron chi connectivity index (χ3n) is 9.12. The van der Waals surface area contributed by atoms with E-state index in [1.807, 2.05) is 31.2 Å². The fourth-order valence-corrected chi connectivity index (χ4v) is 7.14. The number of anilines is 1. The molecule has 9 heteroatoms. The minimum Gasteiger partial charge on any atom is -0.508 e. The molecule has 1 saturated heterocycles. The SMILES string of the molecule is Cc1cc(C2C3=CCn4c(=O)n(-c5ccccc5)c(=O)n4C3CC3C(=O)N(c4ccccc4)C(=O)C32C)ccc1O. The Bertz CT molecular complexity index is 1880. The van der Waals surface area contributed by atoms with E-state index in [0.717, 1.165) is 15.7 Å². The van der Waals surface area contributed by atoms with Gasteiger partial charge in [-0.3, -0.25) is 9.59 Å². The Morgan fingerprint density at radius 1 is 0.854 bits per heavy atom. The number of hydrogen-bond donors (Lipinski definition) is 1. The van der Waals surface area contributed by atoms with E-state index in [-0.39, 0.29) is 30.5 Å². The van der Waals surface area contributed by atoms with Gasteiger partial charge in [0.1, 0.15) is 5.75 Å². The van der Waals surface area contributed by atoms with E-state index in [0.29, 0.717) is 16.9 Å². The van der Waals surface area contributed by atoms with Crippen molar-refractivity contribution >= 4 is 17.5 Å². The second kappa shape index (κ2) is 8.79. The first-order valence-corrected chi connectivity index (χ1v) is 13.7. The van der Waals surface area contributed by atoms with E-state index in [4.69, 9.17) is 0 Å². The predicted octanol–water partition coefficient (Wildman–Crippen LogP) is 3.68. The molecule has 9 nitrogen and oxygen atoms in total. The van der Waals surface area contributed by atoms with Crippen LogP contribution in [-0.2, 0) is 16.1 Å². The number of imide groups is 1. The van der Waals surface area contributed by atoms with Crippen molar-refractivity contribution in [1.29, 1.82) is 0 Å². The summed E-state index contributed by atoms with van der Waals surface area (Å²) in [7, 11) is 0. The molecule has 206 valence electrons. The molecular formula is C32H28N4O5. The van der Waals surface area contributed by atoms with Crippen LogP contribution in [0.3, 0.4) is 0 Å². The summed E-state index contributed by atoms with van der Waals surface area (Å²) in [6.07, 6.45) is 2.13. The number of carbonyl (C=O) groups excluding carboxylic acids is 2. The van der Waals surface area contributed by atoms with Gasteiger partial charge >= 0.3 is 11.4 Å². The highest BCUT2D eigenvalue weighted by Gasteiger charge is 2.65. The monoisotopic (exact) mass is 548 g/mol. The van der Waals surface area contributed by atoms with Crippen molar-refractivity contribution in [2.24, 2.45) is 11.3 Å². The highest BCUT2D eigenvalue weighted by atomic mass is 16.3. The molecule has 0 spiro atoms. The Balaban J connectivity index is 1.45. The van der Waals surface area contributed by atoms with Gasteiger partial charge in [0.05, 0.1) is 35.3 Å². The molecule has 2 amide bonds. The number of nitrogens with zero attached hydrogens (tertiary/aromatic N) is 4. The molecule has 2 aliphatic heterocycles. The maximum absolute atomic E-state index is 14.3. The van der Waals surface area contributed by atoms with Crippen LogP contribution in [0.4, 0.5) is 5.69 Å². The zero-order valence-electron chi connectivity index (χ0n) is 22.6. The lowest BCUT2D eigenvalue weighted by molar-refractivity contribution is -0.129. The second-order valence-corrected chi connectivity index (χ2v) is 11.2. The van der Waals surface area contributed by atoms with E-state index in [1.54, 1.807) is 67.6 Å². The summed E-state index contributed by atoms with van der Waals surface area (Å²) in [6, 6.07) is 22.3. The molecular weight excluding hydrogens is 520 g/mol. The minimum absolute atomic E-state index is 0.130. The van der Waals surface area contributed by atoms with Gasteiger partial charge in [-0.15, -0.1) is 0 Å². The molecule has 1 N–H and O–H groups in total. The summed E-state index contributed by atoms with van der Waals surface area (Å²) in [5.74, 6) is -1.80. The average Bonchev–Trinajstić information content (AvgIpc) is 3.35. The number of amides is 2. The van der Waals surface area contributed by atoms with Gasteiger partial charge in [0.25, 0.3) is 0 Å². The Morgan fingerprint density at radius 3 is 2.17 bits per heavy atom. The first-order valence-electron chi connectivity index (χ1n) is 13.7.